The Bertz CT molecular complexity index is 946. The average molecular weight is 336 g/mol. The summed E-state index contributed by atoms with van der Waals surface area (Å²) in [5.41, 5.74) is 3.16. The summed E-state index contributed by atoms with van der Waals surface area (Å²) in [6.07, 6.45) is 1.25. The Hall–Kier alpha value is -3.15. The number of aromatic nitrogens is 2. The van der Waals surface area contributed by atoms with Crippen LogP contribution in [0.5, 0.6) is 0 Å². The number of anilines is 1. The summed E-state index contributed by atoms with van der Waals surface area (Å²) in [7, 11) is 3.96. The third-order valence-corrected chi connectivity index (χ3v) is 4.00. The predicted octanol–water partition coefficient (Wildman–Crippen LogP) is 1.78. The summed E-state index contributed by atoms with van der Waals surface area (Å²) in [6.45, 7) is 0.391. The van der Waals surface area contributed by atoms with Gasteiger partial charge in [-0.15, -0.1) is 0 Å². The van der Waals surface area contributed by atoms with Crippen LogP contribution in [-0.4, -0.2) is 29.6 Å². The van der Waals surface area contributed by atoms with Crippen LogP contribution in [0.1, 0.15) is 5.56 Å². The molecule has 128 valence electrons. The molecule has 0 atom stereocenters. The zero-order valence-corrected chi connectivity index (χ0v) is 14.3. The molecule has 2 aromatic carbocycles. The number of benzene rings is 2. The van der Waals surface area contributed by atoms with Gasteiger partial charge in [0.15, 0.2) is 0 Å². The minimum absolute atomic E-state index is 0.0301. The molecule has 1 heterocycles. The smallest absolute Gasteiger partial charge is 0.269 e. The first-order chi connectivity index (χ1) is 12.0. The van der Waals surface area contributed by atoms with Crippen molar-refractivity contribution < 1.29 is 4.79 Å². The van der Waals surface area contributed by atoms with E-state index in [4.69, 9.17) is 0 Å². The molecule has 1 N–H and O–H groups in total. The number of nitrogens with zero attached hydrogens (tertiary/aromatic N) is 3. The van der Waals surface area contributed by atoms with Crippen LogP contribution >= 0.6 is 0 Å². The summed E-state index contributed by atoms with van der Waals surface area (Å²) in [4.78, 5) is 30.4. The van der Waals surface area contributed by atoms with E-state index in [1.165, 1.54) is 10.8 Å². The Morgan fingerprint density at radius 1 is 1.12 bits per heavy atom. The molecule has 0 spiro atoms. The van der Waals surface area contributed by atoms with Gasteiger partial charge in [0.05, 0.1) is 17.2 Å². The standard InChI is InChI=1S/C19H20N4O2/c1-22(2)15-9-7-14(8-10-15)11-21-18(24)13-23-17-6-4-3-5-16(17)20-12-19(23)25/h3-10,12H,11,13H2,1-2H3,(H,21,24). The highest BCUT2D eigenvalue weighted by atomic mass is 16.2. The molecule has 0 aliphatic heterocycles. The molecule has 0 aliphatic rings. The van der Waals surface area contributed by atoms with Crippen LogP contribution in [0.25, 0.3) is 11.0 Å². The first kappa shape index (κ1) is 16.7. The number of carbonyl (C=O) groups excluding carboxylic acids is 1. The van der Waals surface area contributed by atoms with Crippen molar-refractivity contribution in [1.29, 1.82) is 0 Å². The van der Waals surface area contributed by atoms with Crippen molar-refractivity contribution in [2.75, 3.05) is 19.0 Å². The van der Waals surface area contributed by atoms with Crippen molar-refractivity contribution in [1.82, 2.24) is 14.9 Å². The lowest BCUT2D eigenvalue weighted by Gasteiger charge is -2.13. The predicted molar refractivity (Wildman–Crippen MR) is 98.6 cm³/mol. The Balaban J connectivity index is 1.69. The molecule has 0 saturated heterocycles. The van der Waals surface area contributed by atoms with E-state index in [9.17, 15) is 9.59 Å². The summed E-state index contributed by atoms with van der Waals surface area (Å²) in [6, 6.07) is 15.2. The van der Waals surface area contributed by atoms with Crippen molar-refractivity contribution in [3.8, 4) is 0 Å². The van der Waals surface area contributed by atoms with E-state index in [0.29, 0.717) is 17.6 Å². The monoisotopic (exact) mass is 336 g/mol. The van der Waals surface area contributed by atoms with Crippen LogP contribution in [0.3, 0.4) is 0 Å². The minimum Gasteiger partial charge on any atom is -0.378 e. The van der Waals surface area contributed by atoms with Gasteiger partial charge in [-0.25, -0.2) is 4.98 Å². The van der Waals surface area contributed by atoms with Gasteiger partial charge in [0.1, 0.15) is 6.54 Å². The fourth-order valence-electron chi connectivity index (χ4n) is 2.59. The van der Waals surface area contributed by atoms with Crippen LogP contribution in [0.15, 0.2) is 59.5 Å². The van der Waals surface area contributed by atoms with Crippen molar-refractivity contribution in [3.05, 3.63) is 70.6 Å². The van der Waals surface area contributed by atoms with Gasteiger partial charge in [-0.2, -0.15) is 0 Å². The maximum Gasteiger partial charge on any atom is 0.269 e. The lowest BCUT2D eigenvalue weighted by Crippen LogP contribution is -2.32. The molecule has 0 aliphatic carbocycles. The SMILES string of the molecule is CN(C)c1ccc(CNC(=O)Cn2c(=O)cnc3ccccc32)cc1. The van der Waals surface area contributed by atoms with Crippen molar-refractivity contribution in [3.63, 3.8) is 0 Å². The molecule has 3 aromatic rings. The summed E-state index contributed by atoms with van der Waals surface area (Å²) in [5, 5.41) is 2.86. The maximum atomic E-state index is 12.3. The topological polar surface area (TPSA) is 67.2 Å². The Labute approximate surface area is 145 Å². The quantitative estimate of drug-likeness (QED) is 0.771. The molecule has 0 radical (unpaired) electrons. The molecular formula is C19H20N4O2. The van der Waals surface area contributed by atoms with Gasteiger partial charge in [0, 0.05) is 26.3 Å². The van der Waals surface area contributed by atoms with Gasteiger partial charge in [0.25, 0.3) is 5.56 Å². The summed E-state index contributed by atoms with van der Waals surface area (Å²) >= 11 is 0. The molecule has 0 unspecified atom stereocenters. The molecule has 1 aromatic heterocycles. The van der Waals surface area contributed by atoms with Crippen LogP contribution in [0.2, 0.25) is 0 Å². The largest absolute Gasteiger partial charge is 0.378 e. The number of hydrogen-bond donors (Lipinski definition) is 1. The molecular weight excluding hydrogens is 316 g/mol. The van der Waals surface area contributed by atoms with Crippen LogP contribution in [-0.2, 0) is 17.9 Å². The van der Waals surface area contributed by atoms with Crippen LogP contribution in [0, 0.1) is 0 Å². The fraction of sp³-hybridized carbons (Fsp3) is 0.211. The first-order valence-corrected chi connectivity index (χ1v) is 8.02. The Morgan fingerprint density at radius 2 is 1.84 bits per heavy atom. The molecule has 0 bridgehead atoms. The molecule has 3 rings (SSSR count). The van der Waals surface area contributed by atoms with Gasteiger partial charge >= 0.3 is 0 Å². The number of nitrogens with one attached hydrogen (secondary N) is 1. The van der Waals surface area contributed by atoms with E-state index in [1.54, 1.807) is 6.07 Å². The van der Waals surface area contributed by atoms with Gasteiger partial charge in [-0.1, -0.05) is 24.3 Å². The molecule has 1 amide bonds. The summed E-state index contributed by atoms with van der Waals surface area (Å²) in [5.74, 6) is -0.213. The third-order valence-electron chi connectivity index (χ3n) is 4.00. The molecule has 6 heteroatoms. The summed E-state index contributed by atoms with van der Waals surface area (Å²) < 4.78 is 1.44. The minimum atomic E-state index is -0.288. The number of amides is 1. The highest BCUT2D eigenvalue weighted by molar-refractivity contribution is 5.79. The van der Waals surface area contributed by atoms with E-state index < -0.39 is 0 Å². The second-order valence-corrected chi connectivity index (χ2v) is 6.01. The van der Waals surface area contributed by atoms with Crippen molar-refractivity contribution in [2.45, 2.75) is 13.1 Å². The number of carbonyl (C=O) groups is 1. The lowest BCUT2D eigenvalue weighted by atomic mass is 10.2. The van der Waals surface area contributed by atoms with Gasteiger partial charge < -0.3 is 10.2 Å². The van der Waals surface area contributed by atoms with Crippen molar-refractivity contribution in [2.24, 2.45) is 0 Å². The molecule has 6 nitrogen and oxygen atoms in total. The maximum absolute atomic E-state index is 12.3. The average Bonchev–Trinajstić information content (AvgIpc) is 2.63. The Morgan fingerprint density at radius 3 is 2.56 bits per heavy atom. The van der Waals surface area contributed by atoms with E-state index in [2.05, 4.69) is 10.3 Å². The highest BCUT2D eigenvalue weighted by Crippen LogP contribution is 2.12. The number of rotatable bonds is 5. The van der Waals surface area contributed by atoms with E-state index >= 15 is 0 Å². The zero-order chi connectivity index (χ0) is 17.8. The van der Waals surface area contributed by atoms with E-state index in [-0.39, 0.29) is 18.0 Å². The second kappa shape index (κ2) is 7.17. The molecule has 0 fully saturated rings. The third kappa shape index (κ3) is 3.85. The van der Waals surface area contributed by atoms with E-state index in [0.717, 1.165) is 11.3 Å². The molecule has 25 heavy (non-hydrogen) atoms. The lowest BCUT2D eigenvalue weighted by molar-refractivity contribution is -0.121. The first-order valence-electron chi connectivity index (χ1n) is 8.02. The Kier molecular flexibility index (Phi) is 4.79. The highest BCUT2D eigenvalue weighted by Gasteiger charge is 2.08. The molecule has 0 saturated carbocycles. The number of hydrogen-bond acceptors (Lipinski definition) is 4. The second-order valence-electron chi connectivity index (χ2n) is 6.01. The normalized spacial score (nSPS) is 10.6. The zero-order valence-electron chi connectivity index (χ0n) is 14.3. The van der Waals surface area contributed by atoms with Gasteiger partial charge in [0.2, 0.25) is 5.91 Å². The van der Waals surface area contributed by atoms with Gasteiger partial charge in [-0.05, 0) is 29.8 Å². The number of para-hydroxylation sites is 2. The fourth-order valence-corrected chi connectivity index (χ4v) is 2.59. The number of fused-ring (bicyclic) bond motifs is 1. The van der Waals surface area contributed by atoms with Crippen LogP contribution < -0.4 is 15.8 Å². The van der Waals surface area contributed by atoms with Gasteiger partial charge in [-0.3, -0.25) is 14.2 Å². The van der Waals surface area contributed by atoms with Crippen LogP contribution in [0.4, 0.5) is 5.69 Å². The van der Waals surface area contributed by atoms with Crippen molar-refractivity contribution >= 4 is 22.6 Å². The van der Waals surface area contributed by atoms with E-state index in [1.807, 2.05) is 61.5 Å².